The SMILES string of the molecule is CSC1CCC(N2CC(CC(C)C)NCC2C)CC1. The van der Waals surface area contributed by atoms with E-state index in [1.807, 2.05) is 0 Å². The van der Waals surface area contributed by atoms with E-state index in [1.54, 1.807) is 0 Å². The first-order valence-corrected chi connectivity index (χ1v) is 9.40. The summed E-state index contributed by atoms with van der Waals surface area (Å²) in [6.45, 7) is 9.54. The van der Waals surface area contributed by atoms with Gasteiger partial charge in [0.15, 0.2) is 0 Å². The minimum Gasteiger partial charge on any atom is -0.311 e. The monoisotopic (exact) mass is 284 g/mol. The third-order valence-electron chi connectivity index (χ3n) is 4.90. The Morgan fingerprint density at radius 3 is 2.47 bits per heavy atom. The lowest BCUT2D eigenvalue weighted by molar-refractivity contribution is 0.0662. The van der Waals surface area contributed by atoms with Crippen LogP contribution in [0.15, 0.2) is 0 Å². The van der Waals surface area contributed by atoms with E-state index in [0.717, 1.165) is 29.3 Å². The van der Waals surface area contributed by atoms with Gasteiger partial charge in [0.2, 0.25) is 0 Å². The van der Waals surface area contributed by atoms with Gasteiger partial charge in [-0.05, 0) is 51.2 Å². The number of thioether (sulfide) groups is 1. The molecule has 1 heterocycles. The lowest BCUT2D eigenvalue weighted by atomic mass is 9.90. The second kappa shape index (κ2) is 7.33. The fraction of sp³-hybridized carbons (Fsp3) is 1.00. The van der Waals surface area contributed by atoms with Crippen LogP contribution in [0.1, 0.15) is 52.9 Å². The average molecular weight is 285 g/mol. The second-order valence-electron chi connectivity index (χ2n) is 6.95. The molecule has 3 heteroatoms. The highest BCUT2D eigenvalue weighted by Crippen LogP contribution is 2.31. The van der Waals surface area contributed by atoms with Crippen LogP contribution in [0.4, 0.5) is 0 Å². The van der Waals surface area contributed by atoms with Crippen LogP contribution in [0.5, 0.6) is 0 Å². The van der Waals surface area contributed by atoms with Gasteiger partial charge in [-0.2, -0.15) is 11.8 Å². The van der Waals surface area contributed by atoms with E-state index in [0.29, 0.717) is 0 Å². The van der Waals surface area contributed by atoms with Crippen molar-refractivity contribution in [1.82, 2.24) is 10.2 Å². The molecule has 0 spiro atoms. The summed E-state index contributed by atoms with van der Waals surface area (Å²) in [6, 6.07) is 2.30. The average Bonchev–Trinajstić information content (AvgIpc) is 2.40. The topological polar surface area (TPSA) is 15.3 Å². The van der Waals surface area contributed by atoms with Gasteiger partial charge in [-0.25, -0.2) is 0 Å². The van der Waals surface area contributed by atoms with E-state index in [2.05, 4.69) is 49.0 Å². The molecule has 2 fully saturated rings. The van der Waals surface area contributed by atoms with Crippen LogP contribution < -0.4 is 5.32 Å². The van der Waals surface area contributed by atoms with Crippen molar-refractivity contribution >= 4 is 11.8 Å². The summed E-state index contributed by atoms with van der Waals surface area (Å²) in [5.41, 5.74) is 0. The van der Waals surface area contributed by atoms with E-state index in [4.69, 9.17) is 0 Å². The maximum absolute atomic E-state index is 3.74. The van der Waals surface area contributed by atoms with Crippen molar-refractivity contribution in [2.24, 2.45) is 5.92 Å². The molecular formula is C16H32N2S. The highest BCUT2D eigenvalue weighted by molar-refractivity contribution is 7.99. The Hall–Kier alpha value is 0.270. The molecule has 0 amide bonds. The van der Waals surface area contributed by atoms with Gasteiger partial charge in [-0.3, -0.25) is 4.90 Å². The maximum atomic E-state index is 3.74. The molecule has 2 rings (SSSR count). The van der Waals surface area contributed by atoms with E-state index in [-0.39, 0.29) is 0 Å². The molecule has 0 aromatic rings. The molecule has 2 unspecified atom stereocenters. The van der Waals surface area contributed by atoms with Crippen molar-refractivity contribution in [3.63, 3.8) is 0 Å². The normalized spacial score (nSPS) is 37.7. The molecule has 2 atom stereocenters. The van der Waals surface area contributed by atoms with Crippen LogP contribution >= 0.6 is 11.8 Å². The molecule has 1 aliphatic heterocycles. The predicted molar refractivity (Wildman–Crippen MR) is 87.0 cm³/mol. The number of rotatable bonds is 4. The third kappa shape index (κ3) is 4.37. The summed E-state index contributed by atoms with van der Waals surface area (Å²) in [5.74, 6) is 0.806. The highest BCUT2D eigenvalue weighted by Gasteiger charge is 2.32. The first-order chi connectivity index (χ1) is 9.10. The molecule has 2 aliphatic rings. The summed E-state index contributed by atoms with van der Waals surface area (Å²) in [7, 11) is 0. The number of hydrogen-bond acceptors (Lipinski definition) is 3. The molecular weight excluding hydrogens is 252 g/mol. The minimum atomic E-state index is 0.717. The van der Waals surface area contributed by atoms with Crippen LogP contribution in [-0.4, -0.2) is 47.6 Å². The predicted octanol–water partition coefficient (Wildman–Crippen LogP) is 3.37. The van der Waals surface area contributed by atoms with Gasteiger partial charge in [0, 0.05) is 36.5 Å². The number of nitrogens with one attached hydrogen (secondary N) is 1. The molecule has 0 bridgehead atoms. The van der Waals surface area contributed by atoms with Gasteiger partial charge in [0.25, 0.3) is 0 Å². The van der Waals surface area contributed by atoms with Gasteiger partial charge < -0.3 is 5.32 Å². The maximum Gasteiger partial charge on any atom is 0.0198 e. The fourth-order valence-electron chi connectivity index (χ4n) is 3.80. The van der Waals surface area contributed by atoms with Crippen molar-refractivity contribution in [3.8, 4) is 0 Å². The van der Waals surface area contributed by atoms with E-state index in [1.165, 1.54) is 45.2 Å². The first kappa shape index (κ1) is 15.7. The van der Waals surface area contributed by atoms with E-state index < -0.39 is 0 Å². The second-order valence-corrected chi connectivity index (χ2v) is 8.08. The molecule has 1 N–H and O–H groups in total. The van der Waals surface area contributed by atoms with E-state index in [9.17, 15) is 0 Å². The van der Waals surface area contributed by atoms with Gasteiger partial charge in [-0.1, -0.05) is 13.8 Å². The quantitative estimate of drug-likeness (QED) is 0.852. The number of nitrogens with zero attached hydrogens (tertiary/aromatic N) is 1. The lowest BCUT2D eigenvalue weighted by Crippen LogP contribution is -2.59. The van der Waals surface area contributed by atoms with Crippen molar-refractivity contribution in [2.75, 3.05) is 19.3 Å². The van der Waals surface area contributed by atoms with Crippen molar-refractivity contribution in [2.45, 2.75) is 76.3 Å². The summed E-state index contributed by atoms with van der Waals surface area (Å²) >= 11 is 2.07. The summed E-state index contributed by atoms with van der Waals surface area (Å²) < 4.78 is 0. The molecule has 112 valence electrons. The Kier molecular flexibility index (Phi) is 6.04. The molecule has 19 heavy (non-hydrogen) atoms. The van der Waals surface area contributed by atoms with Crippen molar-refractivity contribution in [3.05, 3.63) is 0 Å². The van der Waals surface area contributed by atoms with Gasteiger partial charge in [0.1, 0.15) is 0 Å². The molecule has 1 saturated carbocycles. The zero-order chi connectivity index (χ0) is 13.8. The minimum absolute atomic E-state index is 0.717. The molecule has 1 aliphatic carbocycles. The van der Waals surface area contributed by atoms with Gasteiger partial charge in [0.05, 0.1) is 0 Å². The summed E-state index contributed by atoms with van der Waals surface area (Å²) in [4.78, 5) is 2.82. The first-order valence-electron chi connectivity index (χ1n) is 8.12. The van der Waals surface area contributed by atoms with Gasteiger partial charge >= 0.3 is 0 Å². The van der Waals surface area contributed by atoms with Gasteiger partial charge in [-0.15, -0.1) is 0 Å². The number of hydrogen-bond donors (Lipinski definition) is 1. The smallest absolute Gasteiger partial charge is 0.0198 e. The van der Waals surface area contributed by atoms with Crippen LogP contribution in [-0.2, 0) is 0 Å². The van der Waals surface area contributed by atoms with Crippen LogP contribution in [0.2, 0.25) is 0 Å². The third-order valence-corrected chi connectivity index (χ3v) is 6.04. The Bertz CT molecular complexity index is 261. The number of piperazine rings is 1. The lowest BCUT2D eigenvalue weighted by Gasteiger charge is -2.46. The Labute approximate surface area is 124 Å². The zero-order valence-electron chi connectivity index (χ0n) is 13.2. The van der Waals surface area contributed by atoms with Crippen molar-refractivity contribution < 1.29 is 0 Å². The molecule has 0 aromatic heterocycles. The Morgan fingerprint density at radius 1 is 1.21 bits per heavy atom. The fourth-order valence-corrected chi connectivity index (χ4v) is 4.55. The van der Waals surface area contributed by atoms with Crippen LogP contribution in [0.25, 0.3) is 0 Å². The van der Waals surface area contributed by atoms with Crippen LogP contribution in [0, 0.1) is 5.92 Å². The standard InChI is InChI=1S/C16H32N2S/c1-12(2)9-14-11-18(13(3)10-17-14)15-5-7-16(19-4)8-6-15/h12-17H,5-11H2,1-4H3. The Morgan fingerprint density at radius 2 is 1.89 bits per heavy atom. The summed E-state index contributed by atoms with van der Waals surface area (Å²) in [6.07, 6.45) is 9.30. The highest BCUT2D eigenvalue weighted by atomic mass is 32.2. The van der Waals surface area contributed by atoms with Crippen LogP contribution in [0.3, 0.4) is 0 Å². The Balaban J connectivity index is 1.86. The largest absolute Gasteiger partial charge is 0.311 e. The summed E-state index contributed by atoms with van der Waals surface area (Å²) in [5, 5.41) is 4.67. The van der Waals surface area contributed by atoms with E-state index >= 15 is 0 Å². The zero-order valence-corrected chi connectivity index (χ0v) is 14.0. The molecule has 0 aromatic carbocycles. The molecule has 2 nitrogen and oxygen atoms in total. The molecule has 0 radical (unpaired) electrons. The van der Waals surface area contributed by atoms with Crippen molar-refractivity contribution in [1.29, 1.82) is 0 Å². The molecule has 1 saturated heterocycles.